The number of benzene rings is 1. The number of anilines is 2. The molecule has 0 aliphatic carbocycles. The highest BCUT2D eigenvalue weighted by Gasteiger charge is 2.09. The fraction of sp³-hybridized carbons (Fsp3) is 0.286. The van der Waals surface area contributed by atoms with E-state index in [4.69, 9.17) is 0 Å². The number of rotatable bonds is 5. The van der Waals surface area contributed by atoms with Gasteiger partial charge in [-0.15, -0.1) is 0 Å². The maximum atomic E-state index is 12.9. The molecular weight excluding hydrogens is 243 g/mol. The normalized spacial score (nSPS) is 10.5. The molecule has 1 N–H and O–H groups in total. The van der Waals surface area contributed by atoms with Gasteiger partial charge in [-0.3, -0.25) is 4.98 Å². The molecule has 0 saturated carbocycles. The van der Waals surface area contributed by atoms with Gasteiger partial charge < -0.3 is 10.2 Å². The van der Waals surface area contributed by atoms with E-state index in [0.717, 1.165) is 23.7 Å². The highest BCUT2D eigenvalue weighted by Crippen LogP contribution is 2.22. The van der Waals surface area contributed by atoms with Crippen LogP contribution in [0.5, 0.6) is 0 Å². The number of nitrogens with one attached hydrogen (secondary N) is 1. The third-order valence-electron chi connectivity index (χ3n) is 2.78. The summed E-state index contributed by atoms with van der Waals surface area (Å²) in [5, 5.41) is 3.03. The highest BCUT2D eigenvalue weighted by molar-refractivity contribution is 5.58. The third-order valence-corrected chi connectivity index (χ3v) is 2.78. The van der Waals surface area contributed by atoms with E-state index in [1.807, 2.05) is 18.9 Å². The van der Waals surface area contributed by atoms with Crippen LogP contribution >= 0.6 is 0 Å². The van der Waals surface area contributed by atoms with Gasteiger partial charge in [-0.2, -0.15) is 0 Å². The van der Waals surface area contributed by atoms with Crippen molar-refractivity contribution in [2.24, 2.45) is 0 Å². The second-order valence-corrected chi connectivity index (χ2v) is 4.12. The number of nitrogens with zero attached hydrogens (tertiary/aromatic N) is 3. The van der Waals surface area contributed by atoms with Crippen molar-refractivity contribution < 1.29 is 4.39 Å². The Kier molecular flexibility index (Phi) is 4.41. The molecule has 2 aromatic rings. The van der Waals surface area contributed by atoms with Crippen molar-refractivity contribution in [2.45, 2.75) is 13.5 Å². The van der Waals surface area contributed by atoms with Gasteiger partial charge in [0.2, 0.25) is 0 Å². The molecule has 0 unspecified atom stereocenters. The minimum atomic E-state index is -0.241. The number of hydrogen-bond acceptors (Lipinski definition) is 4. The zero-order valence-corrected chi connectivity index (χ0v) is 11.1. The predicted molar refractivity (Wildman–Crippen MR) is 73.9 cm³/mol. The van der Waals surface area contributed by atoms with Crippen LogP contribution in [0, 0.1) is 5.82 Å². The quantitative estimate of drug-likeness (QED) is 0.896. The summed E-state index contributed by atoms with van der Waals surface area (Å²) >= 11 is 0. The second-order valence-electron chi connectivity index (χ2n) is 4.12. The van der Waals surface area contributed by atoms with Gasteiger partial charge in [-0.05, 0) is 38.2 Å². The van der Waals surface area contributed by atoms with E-state index in [2.05, 4.69) is 15.3 Å². The standard InChI is InChI=1S/C14H17FN4/c1-3-19(13-6-4-11(15)5-7-13)14-10-17-12(8-16-2)9-18-14/h4-7,9-10,16H,3,8H2,1-2H3. The lowest BCUT2D eigenvalue weighted by Gasteiger charge is -2.21. The predicted octanol–water partition coefficient (Wildman–Crippen LogP) is 2.49. The van der Waals surface area contributed by atoms with Gasteiger partial charge in [0.25, 0.3) is 0 Å². The molecule has 1 aromatic carbocycles. The SMILES string of the molecule is CCN(c1ccc(F)cc1)c1cnc(CNC)cn1. The van der Waals surface area contributed by atoms with Gasteiger partial charge in [0.1, 0.15) is 5.82 Å². The lowest BCUT2D eigenvalue weighted by atomic mass is 10.3. The van der Waals surface area contributed by atoms with Crippen LogP contribution in [0.1, 0.15) is 12.6 Å². The molecule has 4 nitrogen and oxygen atoms in total. The molecule has 2 rings (SSSR count). The molecule has 0 bridgehead atoms. The van der Waals surface area contributed by atoms with Crippen LogP contribution in [0.3, 0.4) is 0 Å². The Morgan fingerprint density at radius 1 is 1.16 bits per heavy atom. The van der Waals surface area contributed by atoms with Crippen molar-refractivity contribution in [1.82, 2.24) is 15.3 Å². The van der Waals surface area contributed by atoms with Gasteiger partial charge in [0.15, 0.2) is 5.82 Å². The summed E-state index contributed by atoms with van der Waals surface area (Å²) in [5.74, 6) is 0.518. The van der Waals surface area contributed by atoms with E-state index >= 15 is 0 Å². The largest absolute Gasteiger partial charge is 0.325 e. The summed E-state index contributed by atoms with van der Waals surface area (Å²) in [6.45, 7) is 3.45. The number of aromatic nitrogens is 2. The maximum Gasteiger partial charge on any atom is 0.151 e. The summed E-state index contributed by atoms with van der Waals surface area (Å²) in [4.78, 5) is 10.7. The summed E-state index contributed by atoms with van der Waals surface area (Å²) in [5.41, 5.74) is 1.79. The summed E-state index contributed by atoms with van der Waals surface area (Å²) < 4.78 is 12.9. The molecule has 0 atom stereocenters. The van der Waals surface area contributed by atoms with Gasteiger partial charge in [0.05, 0.1) is 18.1 Å². The molecule has 0 spiro atoms. The van der Waals surface area contributed by atoms with Crippen molar-refractivity contribution in [2.75, 3.05) is 18.5 Å². The molecule has 1 heterocycles. The minimum Gasteiger partial charge on any atom is -0.325 e. The van der Waals surface area contributed by atoms with Crippen LogP contribution in [0.4, 0.5) is 15.9 Å². The fourth-order valence-electron chi connectivity index (χ4n) is 1.86. The van der Waals surface area contributed by atoms with Gasteiger partial charge in [-0.1, -0.05) is 0 Å². The molecule has 0 fully saturated rings. The van der Waals surface area contributed by atoms with Crippen molar-refractivity contribution in [1.29, 1.82) is 0 Å². The smallest absolute Gasteiger partial charge is 0.151 e. The summed E-state index contributed by atoms with van der Waals surface area (Å²) in [6.07, 6.45) is 3.48. The van der Waals surface area contributed by atoms with Crippen molar-refractivity contribution >= 4 is 11.5 Å². The monoisotopic (exact) mass is 260 g/mol. The first-order valence-corrected chi connectivity index (χ1v) is 6.23. The lowest BCUT2D eigenvalue weighted by Crippen LogP contribution is -2.18. The van der Waals surface area contributed by atoms with Crippen LogP contribution < -0.4 is 10.2 Å². The topological polar surface area (TPSA) is 41.1 Å². The minimum absolute atomic E-state index is 0.241. The molecule has 0 amide bonds. The van der Waals surface area contributed by atoms with E-state index in [-0.39, 0.29) is 5.82 Å². The molecule has 0 aliphatic heterocycles. The Morgan fingerprint density at radius 2 is 1.89 bits per heavy atom. The molecule has 5 heteroatoms. The molecule has 0 radical (unpaired) electrons. The first-order chi connectivity index (χ1) is 9.24. The Morgan fingerprint density at radius 3 is 2.42 bits per heavy atom. The van der Waals surface area contributed by atoms with E-state index in [1.165, 1.54) is 12.1 Å². The van der Waals surface area contributed by atoms with Crippen LogP contribution in [0.15, 0.2) is 36.7 Å². The second kappa shape index (κ2) is 6.24. The van der Waals surface area contributed by atoms with Crippen LogP contribution in [0.2, 0.25) is 0 Å². The van der Waals surface area contributed by atoms with E-state index in [0.29, 0.717) is 6.54 Å². The molecule has 1 aromatic heterocycles. The fourth-order valence-corrected chi connectivity index (χ4v) is 1.86. The first-order valence-electron chi connectivity index (χ1n) is 6.23. The zero-order valence-electron chi connectivity index (χ0n) is 11.1. The lowest BCUT2D eigenvalue weighted by molar-refractivity contribution is 0.627. The van der Waals surface area contributed by atoms with E-state index in [1.54, 1.807) is 24.5 Å². The Labute approximate surface area is 112 Å². The first kappa shape index (κ1) is 13.4. The van der Waals surface area contributed by atoms with E-state index < -0.39 is 0 Å². The van der Waals surface area contributed by atoms with Gasteiger partial charge in [-0.25, -0.2) is 9.37 Å². The average molecular weight is 260 g/mol. The highest BCUT2D eigenvalue weighted by atomic mass is 19.1. The molecule has 0 aliphatic rings. The van der Waals surface area contributed by atoms with E-state index in [9.17, 15) is 4.39 Å². The number of hydrogen-bond donors (Lipinski definition) is 1. The van der Waals surface area contributed by atoms with Gasteiger partial charge >= 0.3 is 0 Å². The van der Waals surface area contributed by atoms with Crippen LogP contribution in [-0.4, -0.2) is 23.6 Å². The van der Waals surface area contributed by atoms with Gasteiger partial charge in [0, 0.05) is 18.8 Å². The zero-order chi connectivity index (χ0) is 13.7. The van der Waals surface area contributed by atoms with Crippen LogP contribution in [-0.2, 0) is 6.54 Å². The molecule has 0 saturated heterocycles. The molecular formula is C14H17FN4. The molecule has 100 valence electrons. The third kappa shape index (κ3) is 3.26. The maximum absolute atomic E-state index is 12.9. The average Bonchev–Trinajstić information content (AvgIpc) is 2.44. The van der Waals surface area contributed by atoms with Crippen molar-refractivity contribution in [3.8, 4) is 0 Å². The Hall–Kier alpha value is -2.01. The Balaban J connectivity index is 2.23. The van der Waals surface area contributed by atoms with Crippen molar-refractivity contribution in [3.63, 3.8) is 0 Å². The van der Waals surface area contributed by atoms with Crippen LogP contribution in [0.25, 0.3) is 0 Å². The van der Waals surface area contributed by atoms with Crippen molar-refractivity contribution in [3.05, 3.63) is 48.2 Å². The Bertz CT molecular complexity index is 510. The summed E-state index contributed by atoms with van der Waals surface area (Å²) in [7, 11) is 1.87. The number of halogens is 1. The summed E-state index contributed by atoms with van der Waals surface area (Å²) in [6, 6.07) is 6.37. The molecule has 19 heavy (non-hydrogen) atoms.